The van der Waals surface area contributed by atoms with Crippen molar-refractivity contribution in [1.82, 2.24) is 0 Å². The van der Waals surface area contributed by atoms with E-state index in [1.165, 1.54) is 55.5 Å². The minimum Gasteiger partial charge on any atom is -0.504 e. The summed E-state index contributed by atoms with van der Waals surface area (Å²) < 4.78 is 19.8. The van der Waals surface area contributed by atoms with Gasteiger partial charge >= 0.3 is 5.97 Å². The van der Waals surface area contributed by atoms with Crippen LogP contribution in [0.1, 0.15) is 53.2 Å². The largest absolute Gasteiger partial charge is 0.504 e. The first-order valence-corrected chi connectivity index (χ1v) is 14.2. The predicted molar refractivity (Wildman–Crippen MR) is 156 cm³/mol. The zero-order valence-corrected chi connectivity index (χ0v) is 23.7. The molecule has 0 fully saturated rings. The molecule has 3 aliphatic rings. The average molecular weight is 614 g/mol. The second-order valence-electron chi connectivity index (χ2n) is 11.5. The molecule has 0 aliphatic carbocycles. The molecule has 7 rings (SSSR count). The van der Waals surface area contributed by atoms with E-state index in [0.29, 0.717) is 35.3 Å². The highest BCUT2D eigenvalue weighted by molar-refractivity contribution is 5.72. The second kappa shape index (κ2) is 9.94. The Kier molecular flexibility index (Phi) is 6.22. The highest BCUT2D eigenvalue weighted by Gasteiger charge is 2.62. The van der Waals surface area contributed by atoms with E-state index in [1.54, 1.807) is 12.1 Å². The molecule has 0 saturated carbocycles. The Bertz CT molecular complexity index is 1910. The number of carbonyl (C=O) groups is 1. The summed E-state index contributed by atoms with van der Waals surface area (Å²) in [4.78, 5) is 24.1. The van der Waals surface area contributed by atoms with Gasteiger partial charge in [-0.1, -0.05) is 19.1 Å². The number of non-ortho nitro benzene ring substituents is 1. The molecule has 0 aromatic heterocycles. The van der Waals surface area contributed by atoms with Gasteiger partial charge in [0.05, 0.1) is 16.8 Å². The molecule has 3 heterocycles. The van der Waals surface area contributed by atoms with Crippen LogP contribution in [-0.2, 0) is 17.0 Å². The molecule has 0 amide bonds. The molecule has 4 aromatic rings. The molecule has 0 spiro atoms. The Balaban J connectivity index is 1.50. The zero-order valence-electron chi connectivity index (χ0n) is 23.7. The lowest BCUT2D eigenvalue weighted by Crippen LogP contribution is -2.57. The van der Waals surface area contributed by atoms with Gasteiger partial charge in [0.1, 0.15) is 23.4 Å². The lowest BCUT2D eigenvalue weighted by molar-refractivity contribution is -0.385. The Hall–Kier alpha value is -5.65. The molecule has 12 nitrogen and oxygen atoms in total. The van der Waals surface area contributed by atoms with Gasteiger partial charge in [-0.25, -0.2) is 0 Å². The lowest BCUT2D eigenvalue weighted by atomic mass is 9.64. The molecule has 5 N–H and O–H groups in total. The first kappa shape index (κ1) is 28.1. The number of carboxylic acid groups (broad SMARTS) is 1. The average Bonchev–Trinajstić information content (AvgIpc) is 3.02. The molecule has 1 unspecified atom stereocenters. The van der Waals surface area contributed by atoms with Crippen LogP contribution in [0.2, 0.25) is 0 Å². The van der Waals surface area contributed by atoms with Crippen LogP contribution in [0.3, 0.4) is 0 Å². The van der Waals surface area contributed by atoms with Gasteiger partial charge in [-0.2, -0.15) is 0 Å². The maximum absolute atomic E-state index is 12.7. The Morgan fingerprint density at radius 1 is 0.911 bits per heavy atom. The minimum atomic E-state index is -1.84. The molecular formula is C33H27NO11. The van der Waals surface area contributed by atoms with Gasteiger partial charge in [-0.05, 0) is 66.4 Å². The summed E-state index contributed by atoms with van der Waals surface area (Å²) in [5.74, 6) is -6.60. The summed E-state index contributed by atoms with van der Waals surface area (Å²) in [5, 5.41) is 62.8. The van der Waals surface area contributed by atoms with Crippen molar-refractivity contribution >= 4 is 11.7 Å². The van der Waals surface area contributed by atoms with Gasteiger partial charge in [-0.3, -0.25) is 14.9 Å². The molecule has 230 valence electrons. The minimum absolute atomic E-state index is 0.214. The van der Waals surface area contributed by atoms with Crippen molar-refractivity contribution in [2.45, 2.75) is 37.6 Å². The summed E-state index contributed by atoms with van der Waals surface area (Å²) in [6.45, 7) is 1.49. The number of ether oxygens (including phenoxy) is 3. The van der Waals surface area contributed by atoms with Crippen molar-refractivity contribution in [2.24, 2.45) is 11.8 Å². The monoisotopic (exact) mass is 613 g/mol. The first-order valence-electron chi connectivity index (χ1n) is 14.2. The highest BCUT2D eigenvalue weighted by Crippen LogP contribution is 2.63. The van der Waals surface area contributed by atoms with E-state index >= 15 is 0 Å². The van der Waals surface area contributed by atoms with Gasteiger partial charge in [0, 0.05) is 34.7 Å². The summed E-state index contributed by atoms with van der Waals surface area (Å²) >= 11 is 0. The van der Waals surface area contributed by atoms with Gasteiger partial charge < -0.3 is 39.7 Å². The van der Waals surface area contributed by atoms with E-state index in [0.717, 1.165) is 5.56 Å². The van der Waals surface area contributed by atoms with Crippen molar-refractivity contribution in [2.75, 3.05) is 0 Å². The van der Waals surface area contributed by atoms with Crippen LogP contribution in [0.25, 0.3) is 0 Å². The Morgan fingerprint density at radius 2 is 1.60 bits per heavy atom. The standard InChI is InChI=1S/C33H27NO11/c1-15(32(39)40)30-28-20-14-19(34(41)42)6-11-26(20)44-33(30,18-5-8-22(36)24(38)13-18)45-27-10-4-16-3-9-25(43-31(16)29(27)28)17-2-7-21(35)23(37)12-17/h2,4-8,10-15,25,28,30,35-38H,3,9H2,1H3,(H,39,40)/t15-,25?,28-,30+,33+/m1/s1. The van der Waals surface area contributed by atoms with Gasteiger partial charge in [-0.15, -0.1) is 0 Å². The number of carboxylic acids is 1. The van der Waals surface area contributed by atoms with Crippen LogP contribution in [-0.4, -0.2) is 36.4 Å². The number of aliphatic carboxylic acids is 1. The van der Waals surface area contributed by atoms with Gasteiger partial charge in [0.15, 0.2) is 23.0 Å². The van der Waals surface area contributed by atoms with Crippen LogP contribution in [0.15, 0.2) is 66.7 Å². The van der Waals surface area contributed by atoms with Crippen molar-refractivity contribution in [3.05, 3.63) is 105 Å². The zero-order chi connectivity index (χ0) is 31.8. The fourth-order valence-electron chi connectivity index (χ4n) is 6.85. The number of hydrogen-bond acceptors (Lipinski definition) is 10. The van der Waals surface area contributed by atoms with Crippen molar-refractivity contribution < 1.29 is 49.5 Å². The van der Waals surface area contributed by atoms with Gasteiger partial charge in [0.2, 0.25) is 0 Å². The number of phenols is 4. The maximum Gasteiger partial charge on any atom is 0.306 e. The third-order valence-electron chi connectivity index (χ3n) is 9.02. The Morgan fingerprint density at radius 3 is 2.29 bits per heavy atom. The number of nitro benzene ring substituents is 1. The fraction of sp³-hybridized carbons (Fsp3) is 0.242. The van der Waals surface area contributed by atoms with E-state index in [9.17, 15) is 40.4 Å². The van der Waals surface area contributed by atoms with Crippen LogP contribution in [0.5, 0.6) is 40.2 Å². The first-order chi connectivity index (χ1) is 21.5. The number of nitrogens with zero attached hydrogens (tertiary/aromatic N) is 1. The van der Waals surface area contributed by atoms with Crippen LogP contribution in [0.4, 0.5) is 5.69 Å². The third-order valence-corrected chi connectivity index (χ3v) is 9.02. The fourth-order valence-corrected chi connectivity index (χ4v) is 6.85. The molecule has 0 radical (unpaired) electrons. The van der Waals surface area contributed by atoms with Crippen LogP contribution >= 0.6 is 0 Å². The van der Waals surface area contributed by atoms with Gasteiger partial charge in [0.25, 0.3) is 11.5 Å². The van der Waals surface area contributed by atoms with E-state index in [-0.39, 0.29) is 34.2 Å². The SMILES string of the molecule is C[C@@H](C(=O)O)[C@H]1[C@@H]2c3cc([N+](=O)[O-])ccc3O[C@@]1(c1ccc(O)c(O)c1)Oc1ccc3c(c12)OC(c1ccc(O)c(O)c1)CC3. The predicted octanol–water partition coefficient (Wildman–Crippen LogP) is 5.59. The number of nitro groups is 1. The molecule has 2 bridgehead atoms. The summed E-state index contributed by atoms with van der Waals surface area (Å²) in [6, 6.07) is 16.0. The van der Waals surface area contributed by atoms with Crippen LogP contribution < -0.4 is 14.2 Å². The molecule has 12 heteroatoms. The number of phenolic OH excluding ortho intramolecular Hbond substituents is 4. The highest BCUT2D eigenvalue weighted by atomic mass is 16.7. The molecule has 0 saturated heterocycles. The molecule has 45 heavy (non-hydrogen) atoms. The van der Waals surface area contributed by atoms with E-state index in [2.05, 4.69) is 0 Å². The number of fused-ring (bicyclic) bond motifs is 8. The summed E-state index contributed by atoms with van der Waals surface area (Å²) in [5.41, 5.74) is 2.29. The second-order valence-corrected chi connectivity index (χ2v) is 11.5. The van der Waals surface area contributed by atoms with E-state index < -0.39 is 52.0 Å². The topological polar surface area (TPSA) is 189 Å². The number of rotatable bonds is 5. The maximum atomic E-state index is 12.7. The van der Waals surface area contributed by atoms with Crippen molar-refractivity contribution in [3.63, 3.8) is 0 Å². The third kappa shape index (κ3) is 4.24. The van der Waals surface area contributed by atoms with E-state index in [1.807, 2.05) is 6.07 Å². The molecule has 3 aliphatic heterocycles. The normalized spacial score (nSPS) is 23.2. The molecule has 5 atom stereocenters. The lowest BCUT2D eigenvalue weighted by Gasteiger charge is -2.53. The summed E-state index contributed by atoms with van der Waals surface area (Å²) in [7, 11) is 0. The smallest absolute Gasteiger partial charge is 0.306 e. The van der Waals surface area contributed by atoms with Crippen LogP contribution in [0, 0.1) is 22.0 Å². The van der Waals surface area contributed by atoms with Crippen molar-refractivity contribution in [3.8, 4) is 40.2 Å². The number of aromatic hydroxyl groups is 4. The van der Waals surface area contributed by atoms with E-state index in [4.69, 9.17) is 14.2 Å². The number of benzene rings is 4. The van der Waals surface area contributed by atoms with Crippen molar-refractivity contribution in [1.29, 1.82) is 0 Å². The molecular weight excluding hydrogens is 586 g/mol. The number of aryl methyl sites for hydroxylation is 1. The quantitative estimate of drug-likeness (QED) is 0.107. The summed E-state index contributed by atoms with van der Waals surface area (Å²) in [6.07, 6.45) is 0.546. The Labute approximate surface area is 255 Å². The number of hydrogen-bond donors (Lipinski definition) is 5. The molecule has 4 aromatic carbocycles.